The number of phenols is 2. The normalized spacial score (nSPS) is 10.9. The fourth-order valence-corrected chi connectivity index (χ4v) is 2.77. The fraction of sp³-hybridized carbons (Fsp3) is 0.353. The highest BCUT2D eigenvalue weighted by Gasteiger charge is 2.20. The average molecular weight is 356 g/mol. The molecule has 0 aliphatic carbocycles. The summed E-state index contributed by atoms with van der Waals surface area (Å²) in [6.07, 6.45) is 4.57. The van der Waals surface area contributed by atoms with Gasteiger partial charge in [0.05, 0.1) is 16.3 Å². The summed E-state index contributed by atoms with van der Waals surface area (Å²) >= 11 is 11.7. The number of aromatic amines is 1. The van der Waals surface area contributed by atoms with E-state index in [1.807, 2.05) is 0 Å². The van der Waals surface area contributed by atoms with Crippen LogP contribution in [0.15, 0.2) is 18.2 Å². The van der Waals surface area contributed by atoms with Crippen molar-refractivity contribution in [2.75, 3.05) is 0 Å². The van der Waals surface area contributed by atoms with Crippen molar-refractivity contribution in [2.24, 2.45) is 0 Å². The maximum Gasteiger partial charge on any atom is 0.212 e. The van der Waals surface area contributed by atoms with Crippen LogP contribution in [0.4, 0.5) is 0 Å². The number of aromatic hydroxyl groups is 2. The molecule has 2 aromatic rings. The van der Waals surface area contributed by atoms with Crippen molar-refractivity contribution < 1.29 is 15.0 Å². The van der Waals surface area contributed by atoms with Crippen LogP contribution >= 0.6 is 23.2 Å². The van der Waals surface area contributed by atoms with Crippen LogP contribution in [-0.4, -0.2) is 21.0 Å². The molecule has 0 fully saturated rings. The second kappa shape index (κ2) is 7.75. The molecule has 124 valence electrons. The number of benzene rings is 1. The summed E-state index contributed by atoms with van der Waals surface area (Å²) < 4.78 is 0. The van der Waals surface area contributed by atoms with Crippen LogP contribution in [0, 0.1) is 0 Å². The van der Waals surface area contributed by atoms with Crippen LogP contribution in [0.1, 0.15) is 54.2 Å². The molecule has 4 nitrogen and oxygen atoms in total. The molecule has 0 spiro atoms. The van der Waals surface area contributed by atoms with Gasteiger partial charge in [-0.3, -0.25) is 4.79 Å². The van der Waals surface area contributed by atoms with Crippen molar-refractivity contribution in [3.8, 4) is 11.5 Å². The van der Waals surface area contributed by atoms with E-state index in [0.29, 0.717) is 12.0 Å². The minimum Gasteiger partial charge on any atom is -0.508 e. The molecule has 0 unspecified atom stereocenters. The van der Waals surface area contributed by atoms with Crippen LogP contribution in [0.5, 0.6) is 11.5 Å². The Hall–Kier alpha value is -1.65. The summed E-state index contributed by atoms with van der Waals surface area (Å²) in [5.41, 5.74) is 0.705. The highest BCUT2D eigenvalue weighted by atomic mass is 35.5. The van der Waals surface area contributed by atoms with Gasteiger partial charge in [0.1, 0.15) is 16.7 Å². The molecule has 2 rings (SSSR count). The SMILES string of the molecule is CCCCCCc1c(O)ccc(C(=O)c2cc(Cl)c(Cl)[nH]2)c1O. The third kappa shape index (κ3) is 4.01. The Morgan fingerprint density at radius 2 is 1.91 bits per heavy atom. The Labute approximate surface area is 145 Å². The van der Waals surface area contributed by atoms with Crippen LogP contribution in [-0.2, 0) is 6.42 Å². The summed E-state index contributed by atoms with van der Waals surface area (Å²) in [4.78, 5) is 15.2. The maximum absolute atomic E-state index is 12.5. The predicted molar refractivity (Wildman–Crippen MR) is 91.9 cm³/mol. The quantitative estimate of drug-likeness (QED) is 0.478. The van der Waals surface area contributed by atoms with Gasteiger partial charge in [0, 0.05) is 5.56 Å². The van der Waals surface area contributed by atoms with Crippen LogP contribution < -0.4 is 0 Å². The van der Waals surface area contributed by atoms with Gasteiger partial charge in [0.15, 0.2) is 0 Å². The monoisotopic (exact) mass is 355 g/mol. The first-order chi connectivity index (χ1) is 11.0. The molecule has 0 aliphatic heterocycles. The van der Waals surface area contributed by atoms with Gasteiger partial charge in [-0.1, -0.05) is 49.4 Å². The van der Waals surface area contributed by atoms with E-state index in [0.717, 1.165) is 25.7 Å². The third-order valence-corrected chi connectivity index (χ3v) is 4.45. The lowest BCUT2D eigenvalue weighted by atomic mass is 9.98. The molecule has 0 aliphatic rings. The lowest BCUT2D eigenvalue weighted by Gasteiger charge is -2.11. The zero-order valence-corrected chi connectivity index (χ0v) is 14.3. The summed E-state index contributed by atoms with van der Waals surface area (Å²) in [7, 11) is 0. The second-order valence-electron chi connectivity index (χ2n) is 5.44. The van der Waals surface area contributed by atoms with Crippen LogP contribution in [0.2, 0.25) is 10.2 Å². The van der Waals surface area contributed by atoms with E-state index in [4.69, 9.17) is 23.2 Å². The van der Waals surface area contributed by atoms with Crippen molar-refractivity contribution >= 4 is 29.0 Å². The first-order valence-electron chi connectivity index (χ1n) is 7.58. The summed E-state index contributed by atoms with van der Waals surface area (Å²) in [5, 5.41) is 20.7. The van der Waals surface area contributed by atoms with Crippen molar-refractivity contribution in [2.45, 2.75) is 39.0 Å². The average Bonchev–Trinajstić information content (AvgIpc) is 2.85. The van der Waals surface area contributed by atoms with Gasteiger partial charge in [-0.15, -0.1) is 0 Å². The highest BCUT2D eigenvalue weighted by Crippen LogP contribution is 2.34. The number of carbonyl (C=O) groups excluding carboxylic acids is 1. The number of carbonyl (C=O) groups is 1. The van der Waals surface area contributed by atoms with Crippen molar-refractivity contribution in [3.05, 3.63) is 45.2 Å². The Bertz CT molecular complexity index is 691. The van der Waals surface area contributed by atoms with Gasteiger partial charge in [0.25, 0.3) is 0 Å². The number of ketones is 1. The number of unbranched alkanes of at least 4 members (excludes halogenated alkanes) is 3. The number of aromatic nitrogens is 1. The van der Waals surface area contributed by atoms with E-state index in [1.165, 1.54) is 18.2 Å². The van der Waals surface area contributed by atoms with Gasteiger partial charge >= 0.3 is 0 Å². The smallest absolute Gasteiger partial charge is 0.212 e. The molecule has 6 heteroatoms. The fourth-order valence-electron chi connectivity index (χ4n) is 2.46. The van der Waals surface area contributed by atoms with Gasteiger partial charge in [-0.25, -0.2) is 0 Å². The maximum atomic E-state index is 12.5. The van der Waals surface area contributed by atoms with Crippen LogP contribution in [0.3, 0.4) is 0 Å². The Morgan fingerprint density at radius 3 is 2.52 bits per heavy atom. The first-order valence-corrected chi connectivity index (χ1v) is 8.33. The van der Waals surface area contributed by atoms with Gasteiger partial charge in [-0.05, 0) is 31.0 Å². The molecule has 0 saturated carbocycles. The van der Waals surface area contributed by atoms with Crippen molar-refractivity contribution in [1.29, 1.82) is 0 Å². The Kier molecular flexibility index (Phi) is 5.97. The molecule has 1 heterocycles. The number of hydrogen-bond donors (Lipinski definition) is 3. The Balaban J connectivity index is 2.27. The largest absolute Gasteiger partial charge is 0.508 e. The Morgan fingerprint density at radius 1 is 1.17 bits per heavy atom. The minimum atomic E-state index is -0.425. The molecule has 0 radical (unpaired) electrons. The molecule has 23 heavy (non-hydrogen) atoms. The first kappa shape index (κ1) is 17.7. The number of halogens is 2. The number of phenolic OH excluding ortho intramolecular Hbond substituents is 2. The zero-order valence-electron chi connectivity index (χ0n) is 12.8. The third-order valence-electron chi connectivity index (χ3n) is 3.75. The second-order valence-corrected chi connectivity index (χ2v) is 6.23. The molecular formula is C17H19Cl2NO3. The van der Waals surface area contributed by atoms with Gasteiger partial charge < -0.3 is 15.2 Å². The lowest BCUT2D eigenvalue weighted by Crippen LogP contribution is -2.04. The molecule has 1 aromatic carbocycles. The van der Waals surface area contributed by atoms with E-state index < -0.39 is 5.78 Å². The predicted octanol–water partition coefficient (Wildman–Crippen LogP) is 5.09. The highest BCUT2D eigenvalue weighted by molar-refractivity contribution is 6.41. The standard InChI is InChI=1S/C17H19Cl2NO3/c1-2-3-4-5-6-10-14(21)8-7-11(15(10)22)16(23)13-9-12(18)17(19)20-13/h7-9,20-22H,2-6H2,1H3. The van der Waals surface area contributed by atoms with Crippen LogP contribution in [0.25, 0.3) is 0 Å². The van der Waals surface area contributed by atoms with E-state index >= 15 is 0 Å². The molecule has 0 amide bonds. The topological polar surface area (TPSA) is 73.3 Å². The number of H-pyrrole nitrogens is 1. The van der Waals surface area contributed by atoms with Gasteiger partial charge in [0.2, 0.25) is 5.78 Å². The molecule has 0 saturated heterocycles. The lowest BCUT2D eigenvalue weighted by molar-refractivity contribution is 0.103. The van der Waals surface area contributed by atoms with E-state index in [-0.39, 0.29) is 32.9 Å². The molecule has 1 aromatic heterocycles. The van der Waals surface area contributed by atoms with E-state index in [1.54, 1.807) is 0 Å². The minimum absolute atomic E-state index is 0.00176. The molecular weight excluding hydrogens is 337 g/mol. The molecule has 0 atom stereocenters. The van der Waals surface area contributed by atoms with Crippen molar-refractivity contribution in [1.82, 2.24) is 4.98 Å². The molecule has 0 bridgehead atoms. The zero-order chi connectivity index (χ0) is 17.0. The number of rotatable bonds is 7. The van der Waals surface area contributed by atoms with Gasteiger partial charge in [-0.2, -0.15) is 0 Å². The van der Waals surface area contributed by atoms with E-state index in [9.17, 15) is 15.0 Å². The van der Waals surface area contributed by atoms with Crippen molar-refractivity contribution in [3.63, 3.8) is 0 Å². The van der Waals surface area contributed by atoms with E-state index in [2.05, 4.69) is 11.9 Å². The summed E-state index contributed by atoms with van der Waals surface area (Å²) in [5.74, 6) is -0.613. The number of nitrogens with one attached hydrogen (secondary N) is 1. The molecule has 3 N–H and O–H groups in total. The number of hydrogen-bond acceptors (Lipinski definition) is 3. The summed E-state index contributed by atoms with van der Waals surface area (Å²) in [6, 6.07) is 4.24. The summed E-state index contributed by atoms with van der Waals surface area (Å²) in [6.45, 7) is 2.11.